The molecule has 0 bridgehead atoms. The van der Waals surface area contributed by atoms with E-state index in [4.69, 9.17) is 4.52 Å². The van der Waals surface area contributed by atoms with Crippen LogP contribution in [-0.2, 0) is 10.5 Å². The molecule has 0 aliphatic heterocycles. The number of amides is 2. The first-order valence-electron chi connectivity index (χ1n) is 9.47. The van der Waals surface area contributed by atoms with Gasteiger partial charge in [0, 0.05) is 21.9 Å². The fraction of sp³-hybridized carbons (Fsp3) is 0.227. The average Bonchev–Trinajstić information content (AvgIpc) is 3.07. The van der Waals surface area contributed by atoms with Crippen molar-refractivity contribution < 1.29 is 14.1 Å². The summed E-state index contributed by atoms with van der Waals surface area (Å²) in [6.07, 6.45) is 0. The molecule has 0 unspecified atom stereocenters. The third-order valence-electron chi connectivity index (χ3n) is 4.50. The molecule has 0 saturated carbocycles. The minimum atomic E-state index is -0.374. The quantitative estimate of drug-likeness (QED) is 0.395. The summed E-state index contributed by atoms with van der Waals surface area (Å²) in [4.78, 5) is 25.4. The topological polar surface area (TPSA) is 96.3 Å². The second-order valence-corrected chi connectivity index (χ2v) is 7.83. The number of hydrogen-bond donors (Lipinski definition) is 3. The number of hydrogen-bond acceptors (Lipinski definition) is 6. The molecule has 156 valence electrons. The molecule has 0 aliphatic carbocycles. The maximum absolute atomic E-state index is 12.6. The predicted molar refractivity (Wildman–Crippen MR) is 117 cm³/mol. The number of carbonyl (C=O) groups is 2. The standard InChI is InChI=1S/C22H24N4O3S/c1-14-8-10-17(11-9-14)23-12-21(27)24-25-22(28)18-6-4-5-7-20(18)30-13-19-15(2)26-29-16(19)3/h4-11,23H,12-13H2,1-3H3,(H,24,27)(H,25,28). The Morgan fingerprint density at radius 2 is 1.73 bits per heavy atom. The zero-order valence-corrected chi connectivity index (χ0v) is 17.9. The number of hydrazine groups is 1. The predicted octanol–water partition coefficient (Wildman–Crippen LogP) is 3.77. The van der Waals surface area contributed by atoms with E-state index in [9.17, 15) is 9.59 Å². The molecule has 0 spiro atoms. The number of benzene rings is 2. The smallest absolute Gasteiger partial charge is 0.270 e. The second kappa shape index (κ2) is 9.98. The van der Waals surface area contributed by atoms with Gasteiger partial charge in [0.2, 0.25) is 0 Å². The summed E-state index contributed by atoms with van der Waals surface area (Å²) in [5, 5.41) is 6.97. The number of anilines is 1. The lowest BCUT2D eigenvalue weighted by Crippen LogP contribution is -2.44. The zero-order chi connectivity index (χ0) is 21.5. The molecule has 2 aromatic carbocycles. The fourth-order valence-electron chi connectivity index (χ4n) is 2.73. The Balaban J connectivity index is 1.53. The van der Waals surface area contributed by atoms with Crippen LogP contribution in [-0.4, -0.2) is 23.5 Å². The van der Waals surface area contributed by atoms with Crippen LogP contribution in [0, 0.1) is 20.8 Å². The van der Waals surface area contributed by atoms with Gasteiger partial charge in [-0.05, 0) is 45.0 Å². The summed E-state index contributed by atoms with van der Waals surface area (Å²) in [6.45, 7) is 5.81. The van der Waals surface area contributed by atoms with Gasteiger partial charge in [-0.2, -0.15) is 0 Å². The highest BCUT2D eigenvalue weighted by atomic mass is 32.2. The molecule has 0 radical (unpaired) electrons. The lowest BCUT2D eigenvalue weighted by molar-refractivity contribution is -0.120. The van der Waals surface area contributed by atoms with Crippen LogP contribution in [0.3, 0.4) is 0 Å². The van der Waals surface area contributed by atoms with Gasteiger partial charge in [-0.25, -0.2) is 0 Å². The van der Waals surface area contributed by atoms with Gasteiger partial charge in [-0.15, -0.1) is 11.8 Å². The van der Waals surface area contributed by atoms with Crippen molar-refractivity contribution >= 4 is 29.3 Å². The third kappa shape index (κ3) is 5.64. The van der Waals surface area contributed by atoms with Crippen molar-refractivity contribution in [3.05, 3.63) is 76.7 Å². The fourth-order valence-corrected chi connectivity index (χ4v) is 3.93. The first-order chi connectivity index (χ1) is 14.4. The van der Waals surface area contributed by atoms with Crippen LogP contribution in [0.25, 0.3) is 0 Å². The Bertz CT molecular complexity index is 1010. The van der Waals surface area contributed by atoms with Gasteiger partial charge in [0.25, 0.3) is 11.8 Å². The van der Waals surface area contributed by atoms with Crippen LogP contribution in [0.15, 0.2) is 57.9 Å². The number of aromatic nitrogens is 1. The molecule has 30 heavy (non-hydrogen) atoms. The summed E-state index contributed by atoms with van der Waals surface area (Å²) in [5.41, 5.74) is 9.25. The van der Waals surface area contributed by atoms with E-state index in [-0.39, 0.29) is 18.4 Å². The molecule has 2 amide bonds. The maximum atomic E-state index is 12.6. The molecule has 0 fully saturated rings. The molecule has 0 atom stereocenters. The lowest BCUT2D eigenvalue weighted by atomic mass is 10.2. The van der Waals surface area contributed by atoms with Crippen molar-refractivity contribution in [2.24, 2.45) is 0 Å². The molecule has 1 aromatic heterocycles. The largest absolute Gasteiger partial charge is 0.376 e. The SMILES string of the molecule is Cc1ccc(NCC(=O)NNC(=O)c2ccccc2SCc2c(C)noc2C)cc1. The van der Waals surface area contributed by atoms with Crippen LogP contribution < -0.4 is 16.2 Å². The Hall–Kier alpha value is -3.26. The Kier molecular flexibility index (Phi) is 7.13. The first kappa shape index (κ1) is 21.4. The molecule has 0 aliphatic rings. The summed E-state index contributed by atoms with van der Waals surface area (Å²) in [6, 6.07) is 15.0. The summed E-state index contributed by atoms with van der Waals surface area (Å²) in [7, 11) is 0. The normalized spacial score (nSPS) is 10.5. The van der Waals surface area contributed by atoms with E-state index in [1.165, 1.54) is 11.8 Å². The minimum Gasteiger partial charge on any atom is -0.376 e. The number of nitrogens with zero attached hydrogens (tertiary/aromatic N) is 1. The van der Waals surface area contributed by atoms with Gasteiger partial charge in [0.1, 0.15) is 5.76 Å². The van der Waals surface area contributed by atoms with E-state index in [1.54, 1.807) is 12.1 Å². The van der Waals surface area contributed by atoms with Gasteiger partial charge in [0.15, 0.2) is 0 Å². The van der Waals surface area contributed by atoms with E-state index in [0.29, 0.717) is 11.3 Å². The van der Waals surface area contributed by atoms with Crippen molar-refractivity contribution in [1.82, 2.24) is 16.0 Å². The van der Waals surface area contributed by atoms with Crippen LogP contribution in [0.1, 0.15) is 32.9 Å². The number of nitrogens with one attached hydrogen (secondary N) is 3. The lowest BCUT2D eigenvalue weighted by Gasteiger charge is -2.11. The average molecular weight is 425 g/mol. The third-order valence-corrected chi connectivity index (χ3v) is 5.61. The highest BCUT2D eigenvalue weighted by Gasteiger charge is 2.15. The van der Waals surface area contributed by atoms with Crippen molar-refractivity contribution in [2.75, 3.05) is 11.9 Å². The number of thioether (sulfide) groups is 1. The van der Waals surface area contributed by atoms with E-state index in [1.807, 2.05) is 57.2 Å². The van der Waals surface area contributed by atoms with Gasteiger partial charge in [0.05, 0.1) is 17.8 Å². The van der Waals surface area contributed by atoms with Crippen molar-refractivity contribution in [2.45, 2.75) is 31.4 Å². The number of rotatable bonds is 7. The van der Waals surface area contributed by atoms with Crippen LogP contribution in [0.2, 0.25) is 0 Å². The zero-order valence-electron chi connectivity index (χ0n) is 17.1. The molecule has 3 N–H and O–H groups in total. The summed E-state index contributed by atoms with van der Waals surface area (Å²) in [5.74, 6) is 0.693. The highest BCUT2D eigenvalue weighted by molar-refractivity contribution is 7.98. The van der Waals surface area contributed by atoms with Gasteiger partial charge in [-0.3, -0.25) is 20.4 Å². The molecule has 7 nitrogen and oxygen atoms in total. The van der Waals surface area contributed by atoms with Gasteiger partial charge >= 0.3 is 0 Å². The highest BCUT2D eigenvalue weighted by Crippen LogP contribution is 2.28. The molecule has 3 rings (SSSR count). The van der Waals surface area contributed by atoms with E-state index in [0.717, 1.165) is 33.2 Å². The van der Waals surface area contributed by atoms with E-state index in [2.05, 4.69) is 21.3 Å². The molecule has 8 heteroatoms. The number of aryl methyl sites for hydroxylation is 3. The maximum Gasteiger partial charge on any atom is 0.270 e. The molecule has 0 saturated heterocycles. The Labute approximate surface area is 179 Å². The van der Waals surface area contributed by atoms with Crippen molar-refractivity contribution in [1.29, 1.82) is 0 Å². The molecule has 1 heterocycles. The van der Waals surface area contributed by atoms with Crippen molar-refractivity contribution in [3.8, 4) is 0 Å². The van der Waals surface area contributed by atoms with Crippen LogP contribution in [0.5, 0.6) is 0 Å². The van der Waals surface area contributed by atoms with E-state index < -0.39 is 0 Å². The number of carbonyl (C=O) groups excluding carboxylic acids is 2. The molecule has 3 aromatic rings. The summed E-state index contributed by atoms with van der Waals surface area (Å²) >= 11 is 1.52. The van der Waals surface area contributed by atoms with Gasteiger partial charge < -0.3 is 9.84 Å². The second-order valence-electron chi connectivity index (χ2n) is 6.81. The van der Waals surface area contributed by atoms with Gasteiger partial charge in [-0.1, -0.05) is 35.0 Å². The van der Waals surface area contributed by atoms with E-state index >= 15 is 0 Å². The Morgan fingerprint density at radius 1 is 1.00 bits per heavy atom. The Morgan fingerprint density at radius 3 is 2.43 bits per heavy atom. The summed E-state index contributed by atoms with van der Waals surface area (Å²) < 4.78 is 5.19. The van der Waals surface area contributed by atoms with Crippen molar-refractivity contribution in [3.63, 3.8) is 0 Å². The van der Waals surface area contributed by atoms with Crippen LogP contribution in [0.4, 0.5) is 5.69 Å². The first-order valence-corrected chi connectivity index (χ1v) is 10.5. The van der Waals surface area contributed by atoms with Crippen LogP contribution >= 0.6 is 11.8 Å². The molecular formula is C22H24N4O3S. The minimum absolute atomic E-state index is 0.0474. The molecular weight excluding hydrogens is 400 g/mol. The monoisotopic (exact) mass is 424 g/mol.